The summed E-state index contributed by atoms with van der Waals surface area (Å²) in [5, 5.41) is 0. The molecule has 1 aliphatic rings. The third-order valence-corrected chi connectivity index (χ3v) is 5.45. The smallest absolute Gasteiger partial charge is 0.0434 e. The Bertz CT molecular complexity index is 589. The first-order valence-corrected chi connectivity index (χ1v) is 9.35. The van der Waals surface area contributed by atoms with E-state index in [9.17, 15) is 0 Å². The molecule has 0 bridgehead atoms. The quantitative estimate of drug-likeness (QED) is 0.624. The first kappa shape index (κ1) is 16.2. The molecule has 0 amide bonds. The predicted molar refractivity (Wildman–Crippen MR) is 98.7 cm³/mol. The van der Waals surface area contributed by atoms with Gasteiger partial charge in [-0.05, 0) is 55.2 Å². The summed E-state index contributed by atoms with van der Waals surface area (Å²) in [5.41, 5.74) is 5.23. The van der Waals surface area contributed by atoms with Gasteiger partial charge in [-0.15, -0.1) is 0 Å². The SMILES string of the molecule is CCCc1ccc(-c2ccc([C@H]3CC[C@H](CC)CC3)nc2)cc1. The van der Waals surface area contributed by atoms with Crippen LogP contribution in [0.3, 0.4) is 0 Å². The molecule has 0 N–H and O–H groups in total. The number of aromatic nitrogens is 1. The monoisotopic (exact) mass is 307 g/mol. The fourth-order valence-corrected chi connectivity index (χ4v) is 3.84. The van der Waals surface area contributed by atoms with Gasteiger partial charge in [-0.3, -0.25) is 4.98 Å². The molecule has 1 aromatic carbocycles. The van der Waals surface area contributed by atoms with Crippen LogP contribution in [0.4, 0.5) is 0 Å². The fourth-order valence-electron chi connectivity index (χ4n) is 3.84. The predicted octanol–water partition coefficient (Wildman–Crippen LogP) is 6.38. The van der Waals surface area contributed by atoms with Gasteiger partial charge in [-0.1, -0.05) is 57.0 Å². The van der Waals surface area contributed by atoms with Crippen LogP contribution < -0.4 is 0 Å². The van der Waals surface area contributed by atoms with E-state index in [4.69, 9.17) is 4.98 Å². The highest BCUT2D eigenvalue weighted by molar-refractivity contribution is 5.62. The lowest BCUT2D eigenvalue weighted by molar-refractivity contribution is 0.315. The molecule has 1 aromatic heterocycles. The summed E-state index contributed by atoms with van der Waals surface area (Å²) in [6.45, 7) is 4.55. The highest BCUT2D eigenvalue weighted by Crippen LogP contribution is 2.36. The molecule has 1 heteroatoms. The van der Waals surface area contributed by atoms with Crippen molar-refractivity contribution in [1.82, 2.24) is 4.98 Å². The molecule has 0 spiro atoms. The molecule has 0 unspecified atom stereocenters. The van der Waals surface area contributed by atoms with Crippen molar-refractivity contribution in [3.63, 3.8) is 0 Å². The molecule has 1 nitrogen and oxygen atoms in total. The first-order valence-electron chi connectivity index (χ1n) is 9.35. The Balaban J connectivity index is 1.67. The summed E-state index contributed by atoms with van der Waals surface area (Å²) in [7, 11) is 0. The zero-order valence-electron chi connectivity index (χ0n) is 14.6. The number of pyridine rings is 1. The zero-order chi connectivity index (χ0) is 16.1. The Morgan fingerprint density at radius 2 is 1.57 bits per heavy atom. The van der Waals surface area contributed by atoms with Crippen LogP contribution in [0.25, 0.3) is 11.1 Å². The summed E-state index contributed by atoms with van der Waals surface area (Å²) in [4.78, 5) is 4.79. The fraction of sp³-hybridized carbons (Fsp3) is 0.500. The summed E-state index contributed by atoms with van der Waals surface area (Å²) < 4.78 is 0. The lowest BCUT2D eigenvalue weighted by atomic mass is 9.79. The first-order chi connectivity index (χ1) is 11.3. The second kappa shape index (κ2) is 7.77. The molecule has 1 aliphatic carbocycles. The van der Waals surface area contributed by atoms with Gasteiger partial charge in [0, 0.05) is 23.4 Å². The number of benzene rings is 1. The van der Waals surface area contributed by atoms with Crippen molar-refractivity contribution in [2.24, 2.45) is 5.92 Å². The van der Waals surface area contributed by atoms with Gasteiger partial charge in [0.2, 0.25) is 0 Å². The van der Waals surface area contributed by atoms with Crippen molar-refractivity contribution in [3.05, 3.63) is 53.9 Å². The van der Waals surface area contributed by atoms with E-state index in [1.807, 2.05) is 0 Å². The van der Waals surface area contributed by atoms with Crippen LogP contribution >= 0.6 is 0 Å². The van der Waals surface area contributed by atoms with E-state index in [1.165, 1.54) is 60.9 Å². The average Bonchev–Trinajstić information content (AvgIpc) is 2.63. The molecule has 0 radical (unpaired) electrons. The average molecular weight is 307 g/mol. The van der Waals surface area contributed by atoms with E-state index in [1.54, 1.807) is 0 Å². The van der Waals surface area contributed by atoms with Crippen molar-refractivity contribution < 1.29 is 0 Å². The maximum atomic E-state index is 4.79. The molecule has 3 rings (SSSR count). The second-order valence-corrected chi connectivity index (χ2v) is 7.04. The van der Waals surface area contributed by atoms with Gasteiger partial charge in [0.15, 0.2) is 0 Å². The minimum Gasteiger partial charge on any atom is -0.260 e. The summed E-state index contributed by atoms with van der Waals surface area (Å²) in [5.74, 6) is 1.63. The number of hydrogen-bond donors (Lipinski definition) is 0. The topological polar surface area (TPSA) is 12.9 Å². The van der Waals surface area contributed by atoms with Crippen LogP contribution in [0.5, 0.6) is 0 Å². The highest BCUT2D eigenvalue weighted by Gasteiger charge is 2.22. The largest absolute Gasteiger partial charge is 0.260 e. The molecule has 0 aliphatic heterocycles. The minimum atomic E-state index is 0.679. The number of hydrogen-bond acceptors (Lipinski definition) is 1. The van der Waals surface area contributed by atoms with Crippen molar-refractivity contribution in [1.29, 1.82) is 0 Å². The molecule has 1 fully saturated rings. The zero-order valence-corrected chi connectivity index (χ0v) is 14.6. The van der Waals surface area contributed by atoms with Gasteiger partial charge in [-0.2, -0.15) is 0 Å². The molecule has 0 atom stereocenters. The lowest BCUT2D eigenvalue weighted by Gasteiger charge is -2.27. The molecule has 23 heavy (non-hydrogen) atoms. The molecule has 2 aromatic rings. The van der Waals surface area contributed by atoms with E-state index < -0.39 is 0 Å². The molecule has 1 saturated carbocycles. The van der Waals surface area contributed by atoms with E-state index >= 15 is 0 Å². The van der Waals surface area contributed by atoms with Crippen molar-refractivity contribution in [2.45, 2.75) is 64.7 Å². The molecule has 1 heterocycles. The van der Waals surface area contributed by atoms with Crippen LogP contribution in [0, 0.1) is 5.92 Å². The summed E-state index contributed by atoms with van der Waals surface area (Å²) in [6, 6.07) is 13.5. The van der Waals surface area contributed by atoms with Gasteiger partial charge < -0.3 is 0 Å². The Kier molecular flexibility index (Phi) is 5.48. The maximum absolute atomic E-state index is 4.79. The van der Waals surface area contributed by atoms with Crippen LogP contribution in [-0.4, -0.2) is 4.98 Å². The van der Waals surface area contributed by atoms with Gasteiger partial charge in [0.05, 0.1) is 0 Å². The van der Waals surface area contributed by atoms with E-state index in [0.717, 1.165) is 12.3 Å². The van der Waals surface area contributed by atoms with Gasteiger partial charge in [0.25, 0.3) is 0 Å². The third-order valence-electron chi connectivity index (χ3n) is 5.45. The Morgan fingerprint density at radius 3 is 2.13 bits per heavy atom. The van der Waals surface area contributed by atoms with Crippen LogP contribution in [0.1, 0.15) is 69.5 Å². The summed E-state index contributed by atoms with van der Waals surface area (Å²) >= 11 is 0. The number of aryl methyl sites for hydroxylation is 1. The number of rotatable bonds is 5. The molecular weight excluding hydrogens is 278 g/mol. The van der Waals surface area contributed by atoms with Crippen LogP contribution in [0.15, 0.2) is 42.6 Å². The van der Waals surface area contributed by atoms with Crippen molar-refractivity contribution in [3.8, 4) is 11.1 Å². The van der Waals surface area contributed by atoms with E-state index in [2.05, 4.69) is 56.4 Å². The standard InChI is InChI=1S/C22H29N/c1-3-5-18-8-10-19(11-9-18)21-14-15-22(23-16-21)20-12-6-17(4-2)7-13-20/h8-11,14-17,20H,3-7,12-13H2,1-2H3/t17-,20-. The Labute approximate surface area is 141 Å². The van der Waals surface area contributed by atoms with E-state index in [0.29, 0.717) is 5.92 Å². The Morgan fingerprint density at radius 1 is 0.870 bits per heavy atom. The molecule has 0 saturated heterocycles. The van der Waals surface area contributed by atoms with Crippen molar-refractivity contribution >= 4 is 0 Å². The second-order valence-electron chi connectivity index (χ2n) is 7.04. The molecule has 122 valence electrons. The normalized spacial score (nSPS) is 21.3. The Hall–Kier alpha value is -1.63. The summed E-state index contributed by atoms with van der Waals surface area (Å²) in [6.07, 6.45) is 11.2. The molecular formula is C22H29N. The van der Waals surface area contributed by atoms with E-state index in [-0.39, 0.29) is 0 Å². The van der Waals surface area contributed by atoms with Gasteiger partial charge in [0.1, 0.15) is 0 Å². The maximum Gasteiger partial charge on any atom is 0.0434 e. The van der Waals surface area contributed by atoms with Gasteiger partial charge >= 0.3 is 0 Å². The minimum absolute atomic E-state index is 0.679. The third kappa shape index (κ3) is 4.02. The van der Waals surface area contributed by atoms with Crippen LogP contribution in [-0.2, 0) is 6.42 Å². The lowest BCUT2D eigenvalue weighted by Crippen LogP contribution is -2.13. The van der Waals surface area contributed by atoms with Gasteiger partial charge in [-0.25, -0.2) is 0 Å². The van der Waals surface area contributed by atoms with Crippen molar-refractivity contribution in [2.75, 3.05) is 0 Å². The number of nitrogens with zero attached hydrogens (tertiary/aromatic N) is 1. The highest BCUT2D eigenvalue weighted by atomic mass is 14.7. The van der Waals surface area contributed by atoms with Crippen LogP contribution in [0.2, 0.25) is 0 Å².